The Kier molecular flexibility index (Phi) is 5.81. The monoisotopic (exact) mass is 463 g/mol. The van der Waals surface area contributed by atoms with Gasteiger partial charge in [-0.1, -0.05) is 36.4 Å². The average Bonchev–Trinajstić information content (AvgIpc) is 3.47. The normalized spacial score (nSPS) is 18.0. The Morgan fingerprint density at radius 3 is 2.55 bits per heavy atom. The maximum absolute atomic E-state index is 12.7. The minimum absolute atomic E-state index is 0.131. The van der Waals surface area contributed by atoms with E-state index in [2.05, 4.69) is 5.32 Å². The van der Waals surface area contributed by atoms with E-state index in [1.165, 1.54) is 11.3 Å². The summed E-state index contributed by atoms with van der Waals surface area (Å²) in [5.74, 6) is -0.0536. The lowest BCUT2D eigenvalue weighted by atomic mass is 9.88. The molecular weight excluding hydrogens is 438 g/mol. The fourth-order valence-electron chi connectivity index (χ4n) is 4.77. The molecule has 0 bridgehead atoms. The highest BCUT2D eigenvalue weighted by molar-refractivity contribution is 7.15. The van der Waals surface area contributed by atoms with E-state index in [1.54, 1.807) is 7.11 Å². The van der Waals surface area contributed by atoms with E-state index in [-0.39, 0.29) is 29.2 Å². The molecule has 1 aromatic heterocycles. The molecule has 0 radical (unpaired) electrons. The van der Waals surface area contributed by atoms with E-state index >= 15 is 0 Å². The molecule has 33 heavy (non-hydrogen) atoms. The van der Waals surface area contributed by atoms with Crippen molar-refractivity contribution in [3.63, 3.8) is 0 Å². The number of benzene rings is 2. The van der Waals surface area contributed by atoms with Crippen LogP contribution in [0.4, 0.5) is 5.69 Å². The summed E-state index contributed by atoms with van der Waals surface area (Å²) in [5, 5.41) is 12.9. The van der Waals surface area contributed by atoms with Crippen molar-refractivity contribution in [2.45, 2.75) is 44.1 Å². The number of rotatable bonds is 6. The molecular formula is C26H25NO5S. The molecule has 1 fully saturated rings. The Balaban J connectivity index is 1.60. The molecule has 7 heteroatoms. The molecule has 3 aromatic rings. The van der Waals surface area contributed by atoms with Crippen LogP contribution < -0.4 is 14.8 Å². The number of amides is 1. The van der Waals surface area contributed by atoms with Gasteiger partial charge in [-0.2, -0.15) is 0 Å². The number of carboxylic acid groups (broad SMARTS) is 1. The van der Waals surface area contributed by atoms with Crippen LogP contribution in [0.3, 0.4) is 0 Å². The number of carbonyl (C=O) groups is 2. The molecule has 1 amide bonds. The summed E-state index contributed by atoms with van der Waals surface area (Å²) in [6.07, 6.45) is 4.79. The quantitative estimate of drug-likeness (QED) is 0.474. The number of fused-ring (bicyclic) bond motifs is 1. The summed E-state index contributed by atoms with van der Waals surface area (Å²) in [6.45, 7) is 0. The van der Waals surface area contributed by atoms with Crippen molar-refractivity contribution < 1.29 is 24.2 Å². The van der Waals surface area contributed by atoms with Crippen molar-refractivity contribution in [3.8, 4) is 22.6 Å². The molecule has 0 unspecified atom stereocenters. The van der Waals surface area contributed by atoms with Gasteiger partial charge < -0.3 is 19.9 Å². The molecule has 1 saturated carbocycles. The smallest absolute Gasteiger partial charge is 0.346 e. The minimum atomic E-state index is -0.999. The summed E-state index contributed by atoms with van der Waals surface area (Å²) < 4.78 is 11.8. The lowest BCUT2D eigenvalue weighted by Crippen LogP contribution is -2.22. The van der Waals surface area contributed by atoms with Crippen LogP contribution in [0.2, 0.25) is 0 Å². The van der Waals surface area contributed by atoms with Crippen molar-refractivity contribution in [1.29, 1.82) is 0 Å². The van der Waals surface area contributed by atoms with Gasteiger partial charge in [0.15, 0.2) is 11.5 Å². The van der Waals surface area contributed by atoms with Crippen LogP contribution in [0.5, 0.6) is 11.5 Å². The number of thiophene rings is 1. The van der Waals surface area contributed by atoms with E-state index < -0.39 is 5.97 Å². The first-order valence-electron chi connectivity index (χ1n) is 11.1. The maximum Gasteiger partial charge on any atom is 0.346 e. The second-order valence-electron chi connectivity index (χ2n) is 8.46. The van der Waals surface area contributed by atoms with Gasteiger partial charge in [-0.25, -0.2) is 4.79 Å². The van der Waals surface area contributed by atoms with Crippen molar-refractivity contribution >= 4 is 28.9 Å². The highest BCUT2D eigenvalue weighted by Gasteiger charge is 2.35. The molecule has 1 aliphatic heterocycles. The van der Waals surface area contributed by atoms with Gasteiger partial charge in [0.1, 0.15) is 4.88 Å². The van der Waals surface area contributed by atoms with Gasteiger partial charge >= 0.3 is 5.97 Å². The average molecular weight is 464 g/mol. The third-order valence-electron chi connectivity index (χ3n) is 6.35. The molecule has 2 aromatic carbocycles. The Hall–Kier alpha value is -3.32. The summed E-state index contributed by atoms with van der Waals surface area (Å²) in [4.78, 5) is 26.0. The van der Waals surface area contributed by atoms with Crippen LogP contribution in [0, 0.1) is 0 Å². The molecule has 2 N–H and O–H groups in total. The van der Waals surface area contributed by atoms with E-state index in [4.69, 9.17) is 9.47 Å². The number of ether oxygens (including phenoxy) is 2. The number of methoxy groups -OCH3 is 1. The summed E-state index contributed by atoms with van der Waals surface area (Å²) in [7, 11) is 1.62. The van der Waals surface area contributed by atoms with Crippen LogP contribution in [0.15, 0.2) is 48.5 Å². The molecule has 170 valence electrons. The van der Waals surface area contributed by atoms with Crippen molar-refractivity contribution in [1.82, 2.24) is 0 Å². The Morgan fingerprint density at radius 2 is 1.85 bits per heavy atom. The number of anilines is 1. The fourth-order valence-corrected chi connectivity index (χ4v) is 6.02. The molecule has 1 aliphatic carbocycles. The number of hydrogen-bond acceptors (Lipinski definition) is 5. The summed E-state index contributed by atoms with van der Waals surface area (Å²) in [6, 6.07) is 15.1. The maximum atomic E-state index is 12.7. The van der Waals surface area contributed by atoms with E-state index in [0.29, 0.717) is 22.7 Å². The van der Waals surface area contributed by atoms with Crippen LogP contribution >= 0.6 is 11.3 Å². The third kappa shape index (κ3) is 4.09. The first-order chi connectivity index (χ1) is 16.0. The SMILES string of the molecule is COc1ccc([C@H]2CC(=O)Nc3c2sc(C(=O)O)c3-c2ccccc2)cc1OC1CCCC1. The topological polar surface area (TPSA) is 84.9 Å². The summed E-state index contributed by atoms with van der Waals surface area (Å²) >= 11 is 1.23. The van der Waals surface area contributed by atoms with Gasteiger partial charge in [-0.05, 0) is 48.9 Å². The fraction of sp³-hybridized carbons (Fsp3) is 0.308. The first-order valence-corrected chi connectivity index (χ1v) is 12.0. The van der Waals surface area contributed by atoms with Crippen molar-refractivity contribution in [2.24, 2.45) is 0 Å². The number of carbonyl (C=O) groups excluding carboxylic acids is 1. The van der Waals surface area contributed by atoms with Crippen LogP contribution in [0.25, 0.3) is 11.1 Å². The number of carboxylic acids is 1. The lowest BCUT2D eigenvalue weighted by molar-refractivity contribution is -0.116. The zero-order valence-corrected chi connectivity index (χ0v) is 19.1. The van der Waals surface area contributed by atoms with Crippen LogP contribution in [-0.4, -0.2) is 30.2 Å². The molecule has 6 nitrogen and oxygen atoms in total. The third-order valence-corrected chi connectivity index (χ3v) is 7.64. The van der Waals surface area contributed by atoms with Gasteiger partial charge in [-0.3, -0.25) is 4.79 Å². The summed E-state index contributed by atoms with van der Waals surface area (Å²) in [5.41, 5.74) is 2.85. The standard InChI is InChI=1S/C26H25NO5S/c1-31-19-12-11-16(13-20(19)32-17-9-5-6-10-17)18-14-21(28)27-23-22(15-7-3-2-4-8-15)25(26(29)30)33-24(18)23/h2-4,7-8,11-13,17-18H,5-6,9-10,14H2,1H3,(H,27,28)(H,29,30)/t18-/m1/s1. The van der Waals surface area contributed by atoms with Crippen molar-refractivity contribution in [2.75, 3.05) is 12.4 Å². The second-order valence-corrected chi connectivity index (χ2v) is 9.51. The molecule has 2 heterocycles. The van der Waals surface area contributed by atoms with E-state index in [1.807, 2.05) is 48.5 Å². The lowest BCUT2D eigenvalue weighted by Gasteiger charge is -2.25. The zero-order valence-electron chi connectivity index (χ0n) is 18.3. The predicted octanol–water partition coefficient (Wildman–Crippen LogP) is 5.92. The highest BCUT2D eigenvalue weighted by Crippen LogP contribution is 2.50. The molecule has 0 saturated heterocycles. The minimum Gasteiger partial charge on any atom is -0.493 e. The number of nitrogens with one attached hydrogen (secondary N) is 1. The highest BCUT2D eigenvalue weighted by atomic mass is 32.1. The first kappa shape index (κ1) is 21.5. The Labute approximate surface area is 196 Å². The molecule has 2 aliphatic rings. The second kappa shape index (κ2) is 8.90. The van der Waals surface area contributed by atoms with Gasteiger partial charge in [0.05, 0.1) is 18.9 Å². The zero-order chi connectivity index (χ0) is 22.9. The van der Waals surface area contributed by atoms with Crippen LogP contribution in [-0.2, 0) is 4.79 Å². The van der Waals surface area contributed by atoms with E-state index in [9.17, 15) is 14.7 Å². The van der Waals surface area contributed by atoms with Gasteiger partial charge in [0, 0.05) is 22.8 Å². The molecule has 0 spiro atoms. The number of aromatic carboxylic acids is 1. The van der Waals surface area contributed by atoms with E-state index in [0.717, 1.165) is 41.7 Å². The largest absolute Gasteiger partial charge is 0.493 e. The Morgan fingerprint density at radius 1 is 1.09 bits per heavy atom. The van der Waals surface area contributed by atoms with Gasteiger partial charge in [-0.15, -0.1) is 11.3 Å². The number of hydrogen-bond donors (Lipinski definition) is 2. The van der Waals surface area contributed by atoms with Crippen molar-refractivity contribution in [3.05, 3.63) is 63.8 Å². The Bertz CT molecular complexity index is 1200. The van der Waals surface area contributed by atoms with Crippen LogP contribution in [0.1, 0.15) is 58.1 Å². The van der Waals surface area contributed by atoms with Gasteiger partial charge in [0.2, 0.25) is 5.91 Å². The predicted molar refractivity (Wildman–Crippen MR) is 128 cm³/mol. The molecule has 5 rings (SSSR count). The molecule has 1 atom stereocenters. The van der Waals surface area contributed by atoms with Gasteiger partial charge in [0.25, 0.3) is 0 Å².